The Kier molecular flexibility index (Phi) is 8.94. The average Bonchev–Trinajstić information content (AvgIpc) is 3.30. The molecule has 0 saturated heterocycles. The lowest BCUT2D eigenvalue weighted by Crippen LogP contribution is -2.30. The summed E-state index contributed by atoms with van der Waals surface area (Å²) in [5.74, 6) is -0.156. The number of nitrogens with two attached hydrogens (primary N) is 1. The third-order valence-electron chi connectivity index (χ3n) is 6.04. The van der Waals surface area contributed by atoms with Crippen molar-refractivity contribution in [2.45, 2.75) is 37.2 Å². The Morgan fingerprint density at radius 3 is 2.46 bits per heavy atom. The SMILES string of the molecule is Nc1nc(Cl)nc2c1ncn2CCCCN(Cc1ccc(S(=O)(=O)NCCc2ccc(F)cc2)cc1)C(=O)O. The Hall–Kier alpha value is -3.81. The van der Waals surface area contributed by atoms with Crippen molar-refractivity contribution < 1.29 is 22.7 Å². The highest BCUT2D eigenvalue weighted by atomic mass is 35.5. The van der Waals surface area contributed by atoms with Gasteiger partial charge in [0.25, 0.3) is 0 Å². The van der Waals surface area contributed by atoms with Crippen molar-refractivity contribution in [3.8, 4) is 0 Å². The number of nitrogen functional groups attached to an aromatic ring is 1. The van der Waals surface area contributed by atoms with Crippen molar-refractivity contribution in [2.75, 3.05) is 18.8 Å². The molecule has 0 unspecified atom stereocenters. The number of unbranched alkanes of at least 4 members (excludes halogenated alkanes) is 1. The zero-order valence-electron chi connectivity index (χ0n) is 20.8. The van der Waals surface area contributed by atoms with Crippen LogP contribution in [0.25, 0.3) is 11.2 Å². The summed E-state index contributed by atoms with van der Waals surface area (Å²) in [6.45, 7) is 1.09. The van der Waals surface area contributed by atoms with E-state index in [1.807, 2.05) is 0 Å². The summed E-state index contributed by atoms with van der Waals surface area (Å²) in [4.78, 5) is 25.4. The fourth-order valence-corrected chi connectivity index (χ4v) is 5.19. The Balaban J connectivity index is 1.28. The van der Waals surface area contributed by atoms with E-state index in [2.05, 4.69) is 19.7 Å². The number of sulfonamides is 1. The Bertz CT molecular complexity index is 1550. The Morgan fingerprint density at radius 2 is 1.77 bits per heavy atom. The van der Waals surface area contributed by atoms with Gasteiger partial charge in [-0.05, 0) is 66.3 Å². The van der Waals surface area contributed by atoms with Gasteiger partial charge in [-0.15, -0.1) is 0 Å². The predicted molar refractivity (Wildman–Crippen MR) is 144 cm³/mol. The first-order valence-corrected chi connectivity index (χ1v) is 13.9. The number of nitrogens with one attached hydrogen (secondary N) is 1. The van der Waals surface area contributed by atoms with Crippen LogP contribution in [0.15, 0.2) is 59.8 Å². The van der Waals surface area contributed by atoms with Gasteiger partial charge in [0.1, 0.15) is 11.3 Å². The number of carboxylic acid groups (broad SMARTS) is 1. The first-order chi connectivity index (χ1) is 18.6. The minimum absolute atomic E-state index is 0.0263. The molecule has 1 amide bonds. The number of carbonyl (C=O) groups is 1. The highest BCUT2D eigenvalue weighted by Crippen LogP contribution is 2.19. The normalized spacial score (nSPS) is 11.6. The van der Waals surface area contributed by atoms with Crippen LogP contribution in [0.1, 0.15) is 24.0 Å². The minimum Gasteiger partial charge on any atom is -0.465 e. The van der Waals surface area contributed by atoms with Gasteiger partial charge in [-0.1, -0.05) is 24.3 Å². The molecule has 0 fully saturated rings. The van der Waals surface area contributed by atoms with E-state index in [1.54, 1.807) is 35.2 Å². The summed E-state index contributed by atoms with van der Waals surface area (Å²) in [5.41, 5.74) is 8.26. The predicted octanol–water partition coefficient (Wildman–Crippen LogP) is 3.68. The number of nitrogens with zero attached hydrogens (tertiary/aromatic N) is 5. The van der Waals surface area contributed by atoms with Crippen LogP contribution in [-0.2, 0) is 29.5 Å². The number of benzene rings is 2. The van der Waals surface area contributed by atoms with Crippen molar-refractivity contribution >= 4 is 44.7 Å². The molecule has 4 N–H and O–H groups in total. The summed E-state index contributed by atoms with van der Waals surface area (Å²) in [6, 6.07) is 11.9. The van der Waals surface area contributed by atoms with E-state index in [9.17, 15) is 22.7 Å². The van der Waals surface area contributed by atoms with Gasteiger partial charge in [0.15, 0.2) is 11.5 Å². The zero-order chi connectivity index (χ0) is 28.0. The molecule has 39 heavy (non-hydrogen) atoms. The van der Waals surface area contributed by atoms with Crippen LogP contribution in [0.5, 0.6) is 0 Å². The van der Waals surface area contributed by atoms with Crippen LogP contribution in [0.3, 0.4) is 0 Å². The number of fused-ring (bicyclic) bond motifs is 1. The summed E-state index contributed by atoms with van der Waals surface area (Å²) >= 11 is 5.89. The van der Waals surface area contributed by atoms with Gasteiger partial charge in [0, 0.05) is 26.2 Å². The molecule has 2 aromatic heterocycles. The number of halogens is 2. The second kappa shape index (κ2) is 12.4. The number of aromatic nitrogens is 4. The molecule has 0 bridgehead atoms. The molecule has 11 nitrogen and oxygen atoms in total. The van der Waals surface area contributed by atoms with E-state index in [0.717, 1.165) is 5.56 Å². The fraction of sp³-hybridized carbons (Fsp3) is 0.280. The lowest BCUT2D eigenvalue weighted by molar-refractivity contribution is 0.141. The zero-order valence-corrected chi connectivity index (χ0v) is 22.4. The molecule has 4 aromatic rings. The van der Waals surface area contributed by atoms with Crippen molar-refractivity contribution in [1.82, 2.24) is 29.1 Å². The second-order valence-corrected chi connectivity index (χ2v) is 10.9. The lowest BCUT2D eigenvalue weighted by atomic mass is 10.1. The van der Waals surface area contributed by atoms with Gasteiger partial charge in [0.05, 0.1) is 11.2 Å². The maximum atomic E-state index is 13.0. The summed E-state index contributed by atoms with van der Waals surface area (Å²) in [6.07, 6.45) is 2.16. The summed E-state index contributed by atoms with van der Waals surface area (Å²) in [7, 11) is -3.75. The summed E-state index contributed by atoms with van der Waals surface area (Å²) < 4.78 is 42.5. The molecule has 0 aliphatic rings. The van der Waals surface area contributed by atoms with Gasteiger partial charge in [-0.2, -0.15) is 9.97 Å². The second-order valence-electron chi connectivity index (χ2n) is 8.82. The third-order valence-corrected chi connectivity index (χ3v) is 7.68. The van der Waals surface area contributed by atoms with Gasteiger partial charge < -0.3 is 20.3 Å². The lowest BCUT2D eigenvalue weighted by Gasteiger charge is -2.19. The van der Waals surface area contributed by atoms with E-state index >= 15 is 0 Å². The van der Waals surface area contributed by atoms with Crippen LogP contribution < -0.4 is 10.5 Å². The number of imidazole rings is 1. The number of hydrogen-bond acceptors (Lipinski definition) is 7. The molecule has 0 aliphatic heterocycles. The van der Waals surface area contributed by atoms with E-state index in [0.29, 0.717) is 42.5 Å². The first kappa shape index (κ1) is 28.2. The van der Waals surface area contributed by atoms with E-state index < -0.39 is 16.1 Å². The van der Waals surface area contributed by atoms with E-state index in [4.69, 9.17) is 17.3 Å². The topological polar surface area (TPSA) is 156 Å². The standard InChI is InChI=1S/C25H27ClFN7O4S/c26-24-31-22(28)21-23(32-24)34(16-29-21)14-2-1-13-33(25(35)36)15-18-5-9-20(10-6-18)39(37,38)30-12-11-17-3-7-19(27)8-4-17/h3-10,16,30H,1-2,11-15H2,(H,35,36)(H2,28,31,32). The number of anilines is 1. The molecule has 0 radical (unpaired) electrons. The maximum Gasteiger partial charge on any atom is 0.407 e. The molecule has 0 spiro atoms. The monoisotopic (exact) mass is 575 g/mol. The molecule has 0 saturated carbocycles. The van der Waals surface area contributed by atoms with Gasteiger partial charge in [-0.25, -0.2) is 27.3 Å². The van der Waals surface area contributed by atoms with Crippen LogP contribution in [-0.4, -0.2) is 57.1 Å². The van der Waals surface area contributed by atoms with Crippen molar-refractivity contribution in [2.24, 2.45) is 0 Å². The van der Waals surface area contributed by atoms with Crippen LogP contribution in [0, 0.1) is 5.82 Å². The van der Waals surface area contributed by atoms with Gasteiger partial charge >= 0.3 is 6.09 Å². The number of hydrogen-bond donors (Lipinski definition) is 3. The van der Waals surface area contributed by atoms with Crippen LogP contribution in [0.2, 0.25) is 5.28 Å². The highest BCUT2D eigenvalue weighted by molar-refractivity contribution is 7.89. The van der Waals surface area contributed by atoms with Crippen LogP contribution in [0.4, 0.5) is 15.0 Å². The molecular formula is C25H27ClFN7O4S. The average molecular weight is 576 g/mol. The molecule has 4 rings (SSSR count). The summed E-state index contributed by atoms with van der Waals surface area (Å²) in [5, 5.41) is 9.68. The van der Waals surface area contributed by atoms with Crippen molar-refractivity contribution in [1.29, 1.82) is 0 Å². The smallest absolute Gasteiger partial charge is 0.407 e. The molecule has 0 atom stereocenters. The fourth-order valence-electron chi connectivity index (χ4n) is 3.99. The number of rotatable bonds is 12. The minimum atomic E-state index is -3.75. The number of amides is 1. The molecule has 206 valence electrons. The van der Waals surface area contributed by atoms with Gasteiger partial charge in [0.2, 0.25) is 15.3 Å². The van der Waals surface area contributed by atoms with Crippen LogP contribution >= 0.6 is 11.6 Å². The number of aryl methyl sites for hydroxylation is 1. The van der Waals surface area contributed by atoms with E-state index in [-0.39, 0.29) is 41.4 Å². The van der Waals surface area contributed by atoms with Gasteiger partial charge in [-0.3, -0.25) is 0 Å². The molecular weight excluding hydrogens is 549 g/mol. The van der Waals surface area contributed by atoms with Crippen molar-refractivity contribution in [3.63, 3.8) is 0 Å². The molecule has 14 heteroatoms. The molecule has 2 aromatic carbocycles. The molecule has 0 aliphatic carbocycles. The maximum absolute atomic E-state index is 13.0. The Labute approximate surface area is 229 Å². The quantitative estimate of drug-likeness (QED) is 0.170. The third kappa shape index (κ3) is 7.40. The highest BCUT2D eigenvalue weighted by Gasteiger charge is 2.16. The van der Waals surface area contributed by atoms with Crippen molar-refractivity contribution in [3.05, 3.63) is 77.1 Å². The Morgan fingerprint density at radius 1 is 1.08 bits per heavy atom. The largest absolute Gasteiger partial charge is 0.465 e. The molecule has 2 heterocycles. The first-order valence-electron chi connectivity index (χ1n) is 12.1. The van der Waals surface area contributed by atoms with E-state index in [1.165, 1.54) is 29.2 Å².